The van der Waals surface area contributed by atoms with E-state index in [1.165, 1.54) is 0 Å². The first-order chi connectivity index (χ1) is 9.88. The van der Waals surface area contributed by atoms with E-state index in [2.05, 4.69) is 6.92 Å². The van der Waals surface area contributed by atoms with Crippen molar-refractivity contribution in [3.8, 4) is 5.69 Å². The molecule has 0 amide bonds. The standard InChI is InChI=1S/C15H19Cl2N3O/c1-4-7-19-14(9(2)3)13(18)15(21)20(19)12-6-5-10(16)8-11(12)17/h5-6,8-9H,4,7,18H2,1-3H3. The Morgan fingerprint density at radius 1 is 1.29 bits per heavy atom. The summed E-state index contributed by atoms with van der Waals surface area (Å²) in [5.74, 6) is 0.150. The monoisotopic (exact) mass is 327 g/mol. The molecular weight excluding hydrogens is 309 g/mol. The number of halogens is 2. The van der Waals surface area contributed by atoms with Crippen molar-refractivity contribution >= 4 is 28.9 Å². The van der Waals surface area contributed by atoms with Crippen molar-refractivity contribution in [2.45, 2.75) is 39.7 Å². The molecular formula is C15H19Cl2N3O. The molecule has 1 aromatic carbocycles. The van der Waals surface area contributed by atoms with E-state index >= 15 is 0 Å². The topological polar surface area (TPSA) is 52.9 Å². The van der Waals surface area contributed by atoms with Gasteiger partial charge in [-0.25, -0.2) is 4.68 Å². The summed E-state index contributed by atoms with van der Waals surface area (Å²) < 4.78 is 3.46. The summed E-state index contributed by atoms with van der Waals surface area (Å²) in [6, 6.07) is 5.07. The molecule has 0 bridgehead atoms. The van der Waals surface area contributed by atoms with Crippen molar-refractivity contribution in [2.75, 3.05) is 5.73 Å². The van der Waals surface area contributed by atoms with Gasteiger partial charge < -0.3 is 5.73 Å². The lowest BCUT2D eigenvalue weighted by atomic mass is 10.1. The van der Waals surface area contributed by atoms with Gasteiger partial charge in [-0.15, -0.1) is 0 Å². The third-order valence-corrected chi connectivity index (χ3v) is 3.88. The van der Waals surface area contributed by atoms with E-state index < -0.39 is 0 Å². The average molecular weight is 328 g/mol. The zero-order valence-electron chi connectivity index (χ0n) is 12.4. The number of rotatable bonds is 4. The van der Waals surface area contributed by atoms with Crippen molar-refractivity contribution in [2.24, 2.45) is 0 Å². The first-order valence-corrected chi connectivity index (χ1v) is 7.70. The fourth-order valence-electron chi connectivity index (χ4n) is 2.51. The molecule has 0 fully saturated rings. The zero-order chi connectivity index (χ0) is 15.7. The van der Waals surface area contributed by atoms with Crippen molar-refractivity contribution in [1.29, 1.82) is 0 Å². The molecule has 0 spiro atoms. The van der Waals surface area contributed by atoms with Gasteiger partial charge in [-0.1, -0.05) is 44.0 Å². The van der Waals surface area contributed by atoms with E-state index in [-0.39, 0.29) is 17.2 Å². The minimum absolute atomic E-state index is 0.150. The summed E-state index contributed by atoms with van der Waals surface area (Å²) in [6.45, 7) is 6.79. The highest BCUT2D eigenvalue weighted by Crippen LogP contribution is 2.27. The third kappa shape index (κ3) is 2.83. The van der Waals surface area contributed by atoms with Crippen LogP contribution in [0.25, 0.3) is 5.69 Å². The predicted octanol–water partition coefficient (Wildman–Crippen LogP) is 4.06. The Morgan fingerprint density at radius 3 is 2.48 bits per heavy atom. The van der Waals surface area contributed by atoms with Gasteiger partial charge in [0, 0.05) is 11.6 Å². The number of aromatic nitrogens is 2. The molecule has 0 atom stereocenters. The van der Waals surface area contributed by atoms with Crippen molar-refractivity contribution in [1.82, 2.24) is 9.36 Å². The SMILES string of the molecule is CCCn1c(C(C)C)c(N)c(=O)n1-c1ccc(Cl)cc1Cl. The number of hydrogen-bond donors (Lipinski definition) is 1. The van der Waals surface area contributed by atoms with Crippen molar-refractivity contribution in [3.63, 3.8) is 0 Å². The Morgan fingerprint density at radius 2 is 1.95 bits per heavy atom. The molecule has 2 aromatic rings. The van der Waals surface area contributed by atoms with Crippen LogP contribution in [0.5, 0.6) is 0 Å². The fraction of sp³-hybridized carbons (Fsp3) is 0.400. The second-order valence-electron chi connectivity index (χ2n) is 5.29. The Hall–Kier alpha value is -1.39. The molecule has 0 saturated carbocycles. The first-order valence-electron chi connectivity index (χ1n) is 6.95. The number of nitrogen functional groups attached to an aromatic ring is 1. The lowest BCUT2D eigenvalue weighted by Gasteiger charge is -2.17. The van der Waals surface area contributed by atoms with E-state index in [0.717, 1.165) is 12.1 Å². The summed E-state index contributed by atoms with van der Waals surface area (Å²) in [7, 11) is 0. The van der Waals surface area contributed by atoms with Crippen LogP contribution in [0.15, 0.2) is 23.0 Å². The van der Waals surface area contributed by atoms with Gasteiger partial charge in [0.15, 0.2) is 0 Å². The zero-order valence-corrected chi connectivity index (χ0v) is 13.9. The molecule has 0 radical (unpaired) electrons. The van der Waals surface area contributed by atoms with Crippen LogP contribution in [0.4, 0.5) is 5.69 Å². The predicted molar refractivity (Wildman–Crippen MR) is 88.8 cm³/mol. The average Bonchev–Trinajstić information content (AvgIpc) is 2.63. The van der Waals surface area contributed by atoms with Crippen LogP contribution < -0.4 is 11.3 Å². The van der Waals surface area contributed by atoms with E-state index in [1.54, 1.807) is 22.9 Å². The van der Waals surface area contributed by atoms with E-state index in [1.807, 2.05) is 18.5 Å². The van der Waals surface area contributed by atoms with Crippen LogP contribution >= 0.6 is 23.2 Å². The van der Waals surface area contributed by atoms with Gasteiger partial charge in [0.25, 0.3) is 5.56 Å². The molecule has 4 nitrogen and oxygen atoms in total. The maximum atomic E-state index is 12.6. The van der Waals surface area contributed by atoms with Crippen LogP contribution in [0.1, 0.15) is 38.8 Å². The normalized spacial score (nSPS) is 11.3. The molecule has 2 N–H and O–H groups in total. The highest BCUT2D eigenvalue weighted by Gasteiger charge is 2.21. The molecule has 2 rings (SSSR count). The molecule has 0 aliphatic heterocycles. The molecule has 0 saturated heterocycles. The number of hydrogen-bond acceptors (Lipinski definition) is 2. The minimum Gasteiger partial charge on any atom is -0.393 e. The molecule has 0 aliphatic rings. The molecule has 1 aromatic heterocycles. The first kappa shape index (κ1) is 16.0. The molecule has 0 unspecified atom stereocenters. The van der Waals surface area contributed by atoms with E-state index in [9.17, 15) is 4.79 Å². The van der Waals surface area contributed by atoms with Gasteiger partial charge in [0.2, 0.25) is 0 Å². The van der Waals surface area contributed by atoms with Crippen molar-refractivity contribution < 1.29 is 0 Å². The maximum absolute atomic E-state index is 12.6. The Labute approximate surface area is 134 Å². The molecule has 6 heteroatoms. The van der Waals surface area contributed by atoms with Crippen LogP contribution in [0.2, 0.25) is 10.0 Å². The minimum atomic E-state index is -0.239. The summed E-state index contributed by atoms with van der Waals surface area (Å²) in [5.41, 5.74) is 7.51. The summed E-state index contributed by atoms with van der Waals surface area (Å²) in [6.07, 6.45) is 0.887. The van der Waals surface area contributed by atoms with Crippen LogP contribution in [-0.2, 0) is 6.54 Å². The van der Waals surface area contributed by atoms with Crippen LogP contribution in [0.3, 0.4) is 0 Å². The molecule has 21 heavy (non-hydrogen) atoms. The highest BCUT2D eigenvalue weighted by atomic mass is 35.5. The maximum Gasteiger partial charge on any atom is 0.294 e. The number of nitrogens with zero attached hydrogens (tertiary/aromatic N) is 2. The summed E-state index contributed by atoms with van der Waals surface area (Å²) in [5, 5.41) is 0.956. The number of benzene rings is 1. The van der Waals surface area contributed by atoms with Crippen LogP contribution in [-0.4, -0.2) is 9.36 Å². The van der Waals surface area contributed by atoms with Gasteiger partial charge >= 0.3 is 0 Å². The molecule has 114 valence electrons. The Kier molecular flexibility index (Phi) is 4.69. The Balaban J connectivity index is 2.79. The summed E-state index contributed by atoms with van der Waals surface area (Å²) >= 11 is 12.2. The van der Waals surface area contributed by atoms with Gasteiger partial charge in [-0.2, -0.15) is 0 Å². The number of anilines is 1. The van der Waals surface area contributed by atoms with Gasteiger partial charge in [-0.3, -0.25) is 9.48 Å². The van der Waals surface area contributed by atoms with Gasteiger partial charge in [-0.05, 0) is 30.5 Å². The quantitative estimate of drug-likeness (QED) is 0.920. The lowest BCUT2D eigenvalue weighted by molar-refractivity contribution is 0.503. The highest BCUT2D eigenvalue weighted by molar-refractivity contribution is 6.35. The smallest absolute Gasteiger partial charge is 0.294 e. The van der Waals surface area contributed by atoms with Crippen LogP contribution in [0, 0.1) is 0 Å². The van der Waals surface area contributed by atoms with Gasteiger partial charge in [0.1, 0.15) is 5.69 Å². The largest absolute Gasteiger partial charge is 0.393 e. The van der Waals surface area contributed by atoms with E-state index in [0.29, 0.717) is 22.3 Å². The molecule has 0 aliphatic carbocycles. The second-order valence-corrected chi connectivity index (χ2v) is 6.13. The Bertz CT molecular complexity index is 716. The fourth-order valence-corrected chi connectivity index (χ4v) is 3.00. The lowest BCUT2D eigenvalue weighted by Crippen LogP contribution is -2.23. The van der Waals surface area contributed by atoms with Gasteiger partial charge in [0.05, 0.1) is 16.4 Å². The summed E-state index contributed by atoms with van der Waals surface area (Å²) in [4.78, 5) is 12.6. The van der Waals surface area contributed by atoms with Crippen molar-refractivity contribution in [3.05, 3.63) is 44.3 Å². The molecule has 1 heterocycles. The number of nitrogens with two attached hydrogens (primary N) is 1. The second kappa shape index (κ2) is 6.16. The third-order valence-electron chi connectivity index (χ3n) is 3.34. The van der Waals surface area contributed by atoms with E-state index in [4.69, 9.17) is 28.9 Å².